The van der Waals surface area contributed by atoms with Crippen LogP contribution in [0.2, 0.25) is 0 Å². The quantitative estimate of drug-likeness (QED) is 0.0763. The lowest BCUT2D eigenvalue weighted by Crippen LogP contribution is -2.27. The fourth-order valence-corrected chi connectivity index (χ4v) is 6.14. The topological polar surface area (TPSA) is 111 Å². The molecule has 2 aliphatic rings. The van der Waals surface area contributed by atoms with E-state index in [-0.39, 0.29) is 54.0 Å². The molecule has 0 spiro atoms. The predicted octanol–water partition coefficient (Wildman–Crippen LogP) is 8.71. The number of amides is 2. The summed E-state index contributed by atoms with van der Waals surface area (Å²) in [5.41, 5.74) is 1.67. The third kappa shape index (κ3) is 15.6. The van der Waals surface area contributed by atoms with Crippen molar-refractivity contribution in [3.63, 3.8) is 0 Å². The summed E-state index contributed by atoms with van der Waals surface area (Å²) in [6, 6.07) is 12.0. The van der Waals surface area contributed by atoms with Gasteiger partial charge in [-0.2, -0.15) is 0 Å². The van der Waals surface area contributed by atoms with Gasteiger partial charge in [-0.25, -0.2) is 27.2 Å². The Kier molecular flexibility index (Phi) is 17.2. The van der Waals surface area contributed by atoms with Crippen LogP contribution in [0.1, 0.15) is 57.1 Å². The SMILES string of the molecule is C/C=C\COC(=O)/C(=C/Cc1cc(F)cc(F)c1)NC(=O)/C=C/C1CCC(/C(C)=C/COC(=O)/C(=C\C2=CC(F)CC(F)=C2)NC(=O)/C=C/c2ccccc2)CC1. The van der Waals surface area contributed by atoms with Crippen molar-refractivity contribution in [3.8, 4) is 0 Å². The molecule has 1 atom stereocenters. The van der Waals surface area contributed by atoms with E-state index in [1.807, 2.05) is 13.0 Å². The van der Waals surface area contributed by atoms with Gasteiger partial charge in [-0.3, -0.25) is 9.59 Å². The van der Waals surface area contributed by atoms with E-state index < -0.39 is 53.8 Å². The van der Waals surface area contributed by atoms with Crippen molar-refractivity contribution in [1.29, 1.82) is 0 Å². The second-order valence-electron chi connectivity index (χ2n) is 13.5. The number of alkyl halides is 1. The van der Waals surface area contributed by atoms with Crippen molar-refractivity contribution in [3.05, 3.63) is 160 Å². The van der Waals surface area contributed by atoms with Crippen molar-refractivity contribution in [2.24, 2.45) is 11.8 Å². The fraction of sp³-hybridized carbons (Fsp3) is 0.289. The molecule has 0 aromatic heterocycles. The molecule has 0 aliphatic heterocycles. The highest BCUT2D eigenvalue weighted by molar-refractivity contribution is 6.00. The first-order chi connectivity index (χ1) is 27.4. The zero-order valence-corrected chi connectivity index (χ0v) is 31.8. The van der Waals surface area contributed by atoms with Gasteiger partial charge in [-0.1, -0.05) is 54.1 Å². The maximum Gasteiger partial charge on any atom is 0.355 e. The van der Waals surface area contributed by atoms with E-state index in [0.717, 1.165) is 67.2 Å². The van der Waals surface area contributed by atoms with Gasteiger partial charge in [0.1, 0.15) is 48.2 Å². The number of nitrogens with one attached hydrogen (secondary N) is 2. The number of ether oxygens (including phenoxy) is 2. The van der Waals surface area contributed by atoms with Gasteiger partial charge < -0.3 is 20.1 Å². The Labute approximate surface area is 330 Å². The Morgan fingerprint density at radius 3 is 2.16 bits per heavy atom. The molecule has 2 aliphatic carbocycles. The highest BCUT2D eigenvalue weighted by Crippen LogP contribution is 2.34. The molecule has 57 heavy (non-hydrogen) atoms. The van der Waals surface area contributed by atoms with Gasteiger partial charge >= 0.3 is 11.9 Å². The number of carbonyl (C=O) groups is 4. The van der Waals surface area contributed by atoms with Crippen LogP contribution in [-0.2, 0) is 35.1 Å². The first-order valence-corrected chi connectivity index (χ1v) is 18.6. The highest BCUT2D eigenvalue weighted by atomic mass is 19.1. The smallest absolute Gasteiger partial charge is 0.355 e. The second kappa shape index (κ2) is 22.5. The van der Waals surface area contributed by atoms with Gasteiger partial charge in [0.05, 0.1) is 0 Å². The molecule has 8 nitrogen and oxygen atoms in total. The summed E-state index contributed by atoms with van der Waals surface area (Å²) in [5, 5.41) is 5.00. The molecular formula is C45H46F4N2O6. The van der Waals surface area contributed by atoms with Gasteiger partial charge in [-0.15, -0.1) is 0 Å². The van der Waals surface area contributed by atoms with Crippen molar-refractivity contribution >= 4 is 29.8 Å². The molecule has 1 saturated carbocycles. The number of halogens is 4. The minimum atomic E-state index is -1.58. The molecule has 0 saturated heterocycles. The highest BCUT2D eigenvalue weighted by Gasteiger charge is 2.22. The average Bonchev–Trinajstić information content (AvgIpc) is 3.17. The Balaban J connectivity index is 1.31. The number of rotatable bonds is 16. The van der Waals surface area contributed by atoms with E-state index in [1.165, 1.54) is 24.3 Å². The lowest BCUT2D eigenvalue weighted by atomic mass is 9.78. The molecular weight excluding hydrogens is 740 g/mol. The maximum atomic E-state index is 14.0. The summed E-state index contributed by atoms with van der Waals surface area (Å²) in [7, 11) is 0. The molecule has 300 valence electrons. The summed E-state index contributed by atoms with van der Waals surface area (Å²) in [6.45, 7) is 3.57. The van der Waals surface area contributed by atoms with Gasteiger partial charge in [0, 0.05) is 18.6 Å². The molecule has 4 rings (SSSR count). The molecule has 0 bridgehead atoms. The van der Waals surface area contributed by atoms with Crippen LogP contribution in [0.3, 0.4) is 0 Å². The Morgan fingerprint density at radius 1 is 0.825 bits per heavy atom. The van der Waals surface area contributed by atoms with Crippen LogP contribution in [-0.4, -0.2) is 43.1 Å². The van der Waals surface area contributed by atoms with Crippen LogP contribution < -0.4 is 10.6 Å². The number of carbonyl (C=O) groups excluding carboxylic acids is 4. The van der Waals surface area contributed by atoms with Gasteiger partial charge in [0.15, 0.2) is 0 Å². The van der Waals surface area contributed by atoms with Crippen LogP contribution in [0.5, 0.6) is 0 Å². The van der Waals surface area contributed by atoms with Gasteiger partial charge in [0.2, 0.25) is 11.8 Å². The zero-order chi connectivity index (χ0) is 41.2. The first kappa shape index (κ1) is 43.7. The molecule has 0 heterocycles. The van der Waals surface area contributed by atoms with E-state index in [9.17, 15) is 36.7 Å². The predicted molar refractivity (Wildman–Crippen MR) is 210 cm³/mol. The lowest BCUT2D eigenvalue weighted by Gasteiger charge is -2.27. The largest absolute Gasteiger partial charge is 0.457 e. The normalized spacial score (nSPS) is 19.3. The number of hydrogen-bond acceptors (Lipinski definition) is 6. The number of benzene rings is 2. The minimum absolute atomic E-state index is 0.0171. The molecule has 2 aromatic carbocycles. The van der Waals surface area contributed by atoms with Crippen LogP contribution in [0, 0.1) is 23.5 Å². The van der Waals surface area contributed by atoms with E-state index in [0.29, 0.717) is 0 Å². The monoisotopic (exact) mass is 786 g/mol. The van der Waals surface area contributed by atoms with Gasteiger partial charge in [-0.05, 0) is 129 Å². The standard InChI is InChI=1S/C45H46F4N2O6/c1-3-4-21-56-44(54)40(17-12-33-23-36(46)28-37(47)24-33)50-42(52)19-14-32-10-15-35(16-11-32)30(2)20-22-57-45(55)41(27-34-25-38(48)29-39(49)26-34)51-43(53)18-13-31-8-6-5-7-9-31/h3-9,13-14,17-20,23-28,32,35,38H,10-12,15-16,21-22,29H2,1-2H3,(H,50,52)(H,51,53)/b4-3-,18-13+,19-14+,30-20+,40-17-,41-27+. The van der Waals surface area contributed by atoms with Crippen LogP contribution >= 0.6 is 0 Å². The summed E-state index contributed by atoms with van der Waals surface area (Å²) in [4.78, 5) is 51.3. The molecule has 1 fully saturated rings. The average molecular weight is 787 g/mol. The van der Waals surface area contributed by atoms with Crippen LogP contribution in [0.15, 0.2) is 138 Å². The first-order valence-electron chi connectivity index (χ1n) is 18.6. The number of hydrogen-bond donors (Lipinski definition) is 2. The van der Waals surface area contributed by atoms with Crippen LogP contribution in [0.25, 0.3) is 6.08 Å². The van der Waals surface area contributed by atoms with E-state index in [2.05, 4.69) is 10.6 Å². The summed E-state index contributed by atoms with van der Waals surface area (Å²) in [6.07, 6.45) is 16.9. The lowest BCUT2D eigenvalue weighted by molar-refractivity contribution is -0.139. The Morgan fingerprint density at radius 2 is 1.47 bits per heavy atom. The van der Waals surface area contributed by atoms with Crippen molar-refractivity contribution in [2.45, 2.75) is 58.5 Å². The molecule has 2 amide bonds. The minimum Gasteiger partial charge on any atom is -0.457 e. The summed E-state index contributed by atoms with van der Waals surface area (Å²) < 4.78 is 65.9. The fourth-order valence-electron chi connectivity index (χ4n) is 6.14. The second-order valence-corrected chi connectivity index (χ2v) is 13.5. The van der Waals surface area contributed by atoms with Gasteiger partial charge in [0.25, 0.3) is 0 Å². The van der Waals surface area contributed by atoms with E-state index in [1.54, 1.807) is 61.6 Å². The zero-order valence-electron chi connectivity index (χ0n) is 31.8. The third-order valence-corrected chi connectivity index (χ3v) is 9.15. The van der Waals surface area contributed by atoms with E-state index >= 15 is 0 Å². The van der Waals surface area contributed by atoms with Crippen LogP contribution in [0.4, 0.5) is 17.6 Å². The van der Waals surface area contributed by atoms with Crippen molar-refractivity contribution in [2.75, 3.05) is 13.2 Å². The molecule has 2 aromatic rings. The Bertz CT molecular complexity index is 1980. The molecule has 1 unspecified atom stereocenters. The van der Waals surface area contributed by atoms with E-state index in [4.69, 9.17) is 9.47 Å². The Hall–Kier alpha value is -6.04. The molecule has 2 N–H and O–H groups in total. The number of allylic oxidation sites excluding steroid dienone is 9. The number of esters is 2. The molecule has 12 heteroatoms. The van der Waals surface area contributed by atoms with Crippen molar-refractivity contribution in [1.82, 2.24) is 10.6 Å². The summed E-state index contributed by atoms with van der Waals surface area (Å²) in [5.74, 6) is -4.80. The van der Waals surface area contributed by atoms with Crippen molar-refractivity contribution < 1.29 is 46.2 Å². The molecule has 0 radical (unpaired) electrons. The maximum absolute atomic E-state index is 14.0. The summed E-state index contributed by atoms with van der Waals surface area (Å²) >= 11 is 0. The third-order valence-electron chi connectivity index (χ3n) is 9.15.